The molecule has 1 aromatic carbocycles. The van der Waals surface area contributed by atoms with Crippen LogP contribution in [-0.2, 0) is 4.79 Å². The standard InChI is InChI=1S/C10H11IO3/c1-2-9(10(12)13)14-8-5-3-7(11)4-6-8/h3-6,9H,2H2,1H3,(H,12,13). The number of rotatable bonds is 4. The van der Waals surface area contributed by atoms with Gasteiger partial charge < -0.3 is 9.84 Å². The van der Waals surface area contributed by atoms with E-state index in [9.17, 15) is 4.79 Å². The maximum absolute atomic E-state index is 10.7. The molecule has 76 valence electrons. The SMILES string of the molecule is CCC(Oc1ccc(I)cc1)C(=O)O. The fourth-order valence-electron chi connectivity index (χ4n) is 0.986. The van der Waals surface area contributed by atoms with Crippen molar-refractivity contribution >= 4 is 28.6 Å². The van der Waals surface area contributed by atoms with Gasteiger partial charge in [-0.1, -0.05) is 6.92 Å². The van der Waals surface area contributed by atoms with Gasteiger partial charge in [-0.25, -0.2) is 4.79 Å². The van der Waals surface area contributed by atoms with Crippen molar-refractivity contribution in [3.05, 3.63) is 27.8 Å². The molecule has 0 amide bonds. The first-order valence-electron chi connectivity index (χ1n) is 4.28. The van der Waals surface area contributed by atoms with Gasteiger partial charge in [0.05, 0.1) is 0 Å². The second kappa shape index (κ2) is 5.19. The second-order valence-corrected chi connectivity index (χ2v) is 4.05. The molecule has 1 rings (SSSR count). The van der Waals surface area contributed by atoms with Gasteiger partial charge in [0.2, 0.25) is 0 Å². The Kier molecular flexibility index (Phi) is 4.19. The van der Waals surface area contributed by atoms with Gasteiger partial charge in [-0.15, -0.1) is 0 Å². The summed E-state index contributed by atoms with van der Waals surface area (Å²) in [4.78, 5) is 10.7. The van der Waals surface area contributed by atoms with Gasteiger partial charge in [0.25, 0.3) is 0 Å². The number of carbonyl (C=O) groups is 1. The maximum atomic E-state index is 10.7. The molecule has 1 aromatic rings. The largest absolute Gasteiger partial charge is 0.479 e. The van der Waals surface area contributed by atoms with E-state index in [4.69, 9.17) is 9.84 Å². The van der Waals surface area contributed by atoms with E-state index < -0.39 is 12.1 Å². The topological polar surface area (TPSA) is 46.5 Å². The van der Waals surface area contributed by atoms with Gasteiger partial charge in [-0.05, 0) is 53.3 Å². The van der Waals surface area contributed by atoms with Crippen LogP contribution in [0, 0.1) is 3.57 Å². The number of carboxylic acids is 1. The van der Waals surface area contributed by atoms with Crippen molar-refractivity contribution in [2.75, 3.05) is 0 Å². The van der Waals surface area contributed by atoms with Crippen molar-refractivity contribution in [3.63, 3.8) is 0 Å². The van der Waals surface area contributed by atoms with Crippen molar-refractivity contribution < 1.29 is 14.6 Å². The Morgan fingerprint density at radius 2 is 2.07 bits per heavy atom. The highest BCUT2D eigenvalue weighted by molar-refractivity contribution is 14.1. The molecule has 1 unspecified atom stereocenters. The Morgan fingerprint density at radius 1 is 1.50 bits per heavy atom. The third kappa shape index (κ3) is 3.17. The van der Waals surface area contributed by atoms with Crippen LogP contribution < -0.4 is 4.74 Å². The summed E-state index contributed by atoms with van der Waals surface area (Å²) in [6, 6.07) is 7.30. The van der Waals surface area contributed by atoms with Crippen LogP contribution in [-0.4, -0.2) is 17.2 Å². The lowest BCUT2D eigenvalue weighted by Crippen LogP contribution is -2.25. The van der Waals surface area contributed by atoms with Crippen molar-refractivity contribution in [2.45, 2.75) is 19.4 Å². The summed E-state index contributed by atoms with van der Waals surface area (Å²) >= 11 is 2.18. The first kappa shape index (κ1) is 11.3. The molecule has 0 spiro atoms. The Bertz CT molecular complexity index is 308. The molecule has 0 saturated heterocycles. The molecule has 1 atom stereocenters. The lowest BCUT2D eigenvalue weighted by atomic mass is 10.3. The molecule has 0 bridgehead atoms. The molecule has 3 nitrogen and oxygen atoms in total. The van der Waals surface area contributed by atoms with E-state index in [1.165, 1.54) is 0 Å². The highest BCUT2D eigenvalue weighted by Gasteiger charge is 2.16. The average Bonchev–Trinajstić information content (AvgIpc) is 2.16. The normalized spacial score (nSPS) is 12.1. The molecular formula is C10H11IO3. The van der Waals surface area contributed by atoms with Crippen LogP contribution in [0.25, 0.3) is 0 Å². The van der Waals surface area contributed by atoms with E-state index in [2.05, 4.69) is 22.6 Å². The lowest BCUT2D eigenvalue weighted by molar-refractivity contribution is -0.145. The minimum absolute atomic E-state index is 0.460. The minimum Gasteiger partial charge on any atom is -0.479 e. The smallest absolute Gasteiger partial charge is 0.344 e. The number of hydrogen-bond acceptors (Lipinski definition) is 2. The molecule has 0 aliphatic heterocycles. The second-order valence-electron chi connectivity index (χ2n) is 2.81. The van der Waals surface area contributed by atoms with Crippen LogP contribution in [0.15, 0.2) is 24.3 Å². The van der Waals surface area contributed by atoms with Gasteiger partial charge in [-0.2, -0.15) is 0 Å². The maximum Gasteiger partial charge on any atom is 0.344 e. The lowest BCUT2D eigenvalue weighted by Gasteiger charge is -2.12. The number of hydrogen-bond donors (Lipinski definition) is 1. The molecule has 0 fully saturated rings. The first-order chi connectivity index (χ1) is 6.63. The molecule has 0 aliphatic carbocycles. The molecular weight excluding hydrogens is 295 g/mol. The van der Waals surface area contributed by atoms with Crippen LogP contribution >= 0.6 is 22.6 Å². The Morgan fingerprint density at radius 3 is 2.50 bits per heavy atom. The monoisotopic (exact) mass is 306 g/mol. The molecule has 4 heteroatoms. The predicted molar refractivity (Wildman–Crippen MR) is 61.5 cm³/mol. The molecule has 0 heterocycles. The Labute approximate surface area is 96.2 Å². The van der Waals surface area contributed by atoms with Crippen LogP contribution in [0.1, 0.15) is 13.3 Å². The Balaban J connectivity index is 2.67. The fraction of sp³-hybridized carbons (Fsp3) is 0.300. The van der Waals surface area contributed by atoms with E-state index in [0.29, 0.717) is 12.2 Å². The third-order valence-corrected chi connectivity index (χ3v) is 2.46. The molecule has 14 heavy (non-hydrogen) atoms. The van der Waals surface area contributed by atoms with E-state index in [1.807, 2.05) is 12.1 Å². The summed E-state index contributed by atoms with van der Waals surface area (Å²) in [6.07, 6.45) is -0.295. The summed E-state index contributed by atoms with van der Waals surface area (Å²) in [7, 11) is 0. The fourth-order valence-corrected chi connectivity index (χ4v) is 1.35. The molecule has 0 radical (unpaired) electrons. The van der Waals surface area contributed by atoms with E-state index in [-0.39, 0.29) is 0 Å². The molecule has 0 saturated carbocycles. The van der Waals surface area contributed by atoms with Crippen LogP contribution in [0.5, 0.6) is 5.75 Å². The summed E-state index contributed by atoms with van der Waals surface area (Å²) in [5, 5.41) is 8.76. The van der Waals surface area contributed by atoms with Crippen molar-refractivity contribution in [2.24, 2.45) is 0 Å². The molecule has 0 aromatic heterocycles. The zero-order chi connectivity index (χ0) is 10.6. The summed E-state index contributed by atoms with van der Waals surface area (Å²) in [6.45, 7) is 1.78. The van der Waals surface area contributed by atoms with Crippen molar-refractivity contribution in [1.29, 1.82) is 0 Å². The molecule has 0 aliphatic rings. The highest BCUT2D eigenvalue weighted by Crippen LogP contribution is 2.15. The number of carboxylic acid groups (broad SMARTS) is 1. The Hall–Kier alpha value is -0.780. The number of ether oxygens (including phenoxy) is 1. The van der Waals surface area contributed by atoms with Gasteiger partial charge in [0.15, 0.2) is 6.10 Å². The van der Waals surface area contributed by atoms with Gasteiger partial charge in [-0.3, -0.25) is 0 Å². The van der Waals surface area contributed by atoms with Crippen molar-refractivity contribution in [3.8, 4) is 5.75 Å². The summed E-state index contributed by atoms with van der Waals surface area (Å²) in [5.41, 5.74) is 0. The summed E-state index contributed by atoms with van der Waals surface area (Å²) < 4.78 is 6.37. The number of benzene rings is 1. The van der Waals surface area contributed by atoms with E-state index in [1.54, 1.807) is 19.1 Å². The minimum atomic E-state index is -0.925. The first-order valence-corrected chi connectivity index (χ1v) is 5.36. The average molecular weight is 306 g/mol. The zero-order valence-corrected chi connectivity index (χ0v) is 9.89. The quantitative estimate of drug-likeness (QED) is 0.870. The molecule has 1 N–H and O–H groups in total. The van der Waals surface area contributed by atoms with Crippen molar-refractivity contribution in [1.82, 2.24) is 0 Å². The zero-order valence-electron chi connectivity index (χ0n) is 7.74. The van der Waals surface area contributed by atoms with Crippen LogP contribution in [0.3, 0.4) is 0 Å². The number of halogens is 1. The van der Waals surface area contributed by atoms with Gasteiger partial charge in [0.1, 0.15) is 5.75 Å². The highest BCUT2D eigenvalue weighted by atomic mass is 127. The van der Waals surface area contributed by atoms with Gasteiger partial charge in [0, 0.05) is 3.57 Å². The van der Waals surface area contributed by atoms with Crippen LogP contribution in [0.4, 0.5) is 0 Å². The van der Waals surface area contributed by atoms with Crippen LogP contribution in [0.2, 0.25) is 0 Å². The van der Waals surface area contributed by atoms with E-state index in [0.717, 1.165) is 3.57 Å². The van der Waals surface area contributed by atoms with E-state index >= 15 is 0 Å². The summed E-state index contributed by atoms with van der Waals surface area (Å²) in [5.74, 6) is -0.328. The third-order valence-electron chi connectivity index (χ3n) is 1.74. The predicted octanol–water partition coefficient (Wildman–Crippen LogP) is 2.53. The van der Waals surface area contributed by atoms with Gasteiger partial charge >= 0.3 is 5.97 Å². The number of aliphatic carboxylic acids is 1.